The number of benzene rings is 1. The van der Waals surface area contributed by atoms with E-state index in [-0.39, 0.29) is 5.82 Å². The summed E-state index contributed by atoms with van der Waals surface area (Å²) in [6.45, 7) is 1.97. The van der Waals surface area contributed by atoms with Gasteiger partial charge in [0, 0.05) is 22.6 Å². The van der Waals surface area contributed by atoms with Crippen molar-refractivity contribution in [2.45, 2.75) is 5.92 Å². The first-order valence-electron chi connectivity index (χ1n) is 3.93. The molecule has 64 valence electrons. The van der Waals surface area contributed by atoms with E-state index < -0.39 is 0 Å². The van der Waals surface area contributed by atoms with Crippen LogP contribution in [0.25, 0.3) is 0 Å². The van der Waals surface area contributed by atoms with E-state index in [0.29, 0.717) is 9.49 Å². The van der Waals surface area contributed by atoms with Crippen LogP contribution < -0.4 is 5.32 Å². The maximum atomic E-state index is 13.1. The fourth-order valence-corrected chi connectivity index (χ4v) is 1.63. The van der Waals surface area contributed by atoms with Gasteiger partial charge in [-0.25, -0.2) is 4.39 Å². The zero-order valence-corrected chi connectivity index (χ0v) is 8.64. The van der Waals surface area contributed by atoms with Gasteiger partial charge in [0.15, 0.2) is 0 Å². The van der Waals surface area contributed by atoms with Crippen LogP contribution in [0.3, 0.4) is 0 Å². The zero-order valence-electron chi connectivity index (χ0n) is 6.48. The fraction of sp³-hybridized carbons (Fsp3) is 0.333. The van der Waals surface area contributed by atoms with Crippen molar-refractivity contribution in [2.24, 2.45) is 0 Å². The van der Waals surface area contributed by atoms with Crippen LogP contribution in [0.2, 0.25) is 0 Å². The number of nitrogens with one attached hydrogen (secondary N) is 1. The van der Waals surface area contributed by atoms with E-state index in [2.05, 4.69) is 5.32 Å². The van der Waals surface area contributed by atoms with Gasteiger partial charge in [-0.05, 0) is 40.3 Å². The zero-order chi connectivity index (χ0) is 8.55. The van der Waals surface area contributed by atoms with Gasteiger partial charge in [0.2, 0.25) is 0 Å². The summed E-state index contributed by atoms with van der Waals surface area (Å²) in [6.07, 6.45) is 0. The third kappa shape index (κ3) is 1.47. The first kappa shape index (κ1) is 8.44. The molecule has 1 aliphatic rings. The smallest absolute Gasteiger partial charge is 0.136 e. The standard InChI is InChI=1S/C9H9FIN/c10-8-3-6(1-2-9(8)11)7-4-12-5-7/h1-3,7,12H,4-5H2. The minimum Gasteiger partial charge on any atom is -0.315 e. The lowest BCUT2D eigenvalue weighted by Gasteiger charge is -2.27. The molecule has 1 aliphatic heterocycles. The molecule has 0 amide bonds. The van der Waals surface area contributed by atoms with Crippen LogP contribution >= 0.6 is 22.6 Å². The Balaban J connectivity index is 2.27. The van der Waals surface area contributed by atoms with Gasteiger partial charge in [0.1, 0.15) is 5.82 Å². The fourth-order valence-electron chi connectivity index (χ4n) is 1.29. The Kier molecular flexibility index (Phi) is 2.32. The quantitative estimate of drug-likeness (QED) is 0.775. The molecule has 1 fully saturated rings. The highest BCUT2D eigenvalue weighted by Crippen LogP contribution is 2.22. The predicted octanol–water partition coefficient (Wildman–Crippen LogP) is 2.12. The predicted molar refractivity (Wildman–Crippen MR) is 54.7 cm³/mol. The van der Waals surface area contributed by atoms with E-state index >= 15 is 0 Å². The average Bonchev–Trinajstić information content (AvgIpc) is 1.93. The summed E-state index contributed by atoms with van der Waals surface area (Å²) in [6, 6.07) is 5.49. The van der Waals surface area contributed by atoms with E-state index in [4.69, 9.17) is 0 Å². The number of hydrogen-bond acceptors (Lipinski definition) is 1. The van der Waals surface area contributed by atoms with Crippen LogP contribution in [0.15, 0.2) is 18.2 Å². The molecule has 0 radical (unpaired) electrons. The Labute approximate surface area is 84.5 Å². The molecule has 1 saturated heterocycles. The van der Waals surface area contributed by atoms with Crippen LogP contribution in [0.4, 0.5) is 4.39 Å². The first-order chi connectivity index (χ1) is 5.77. The molecule has 1 aromatic carbocycles. The summed E-state index contributed by atoms with van der Waals surface area (Å²) in [4.78, 5) is 0. The van der Waals surface area contributed by atoms with E-state index in [1.54, 1.807) is 6.07 Å². The van der Waals surface area contributed by atoms with Gasteiger partial charge in [-0.15, -0.1) is 0 Å². The highest BCUT2D eigenvalue weighted by atomic mass is 127. The van der Waals surface area contributed by atoms with Crippen LogP contribution in [-0.4, -0.2) is 13.1 Å². The molecular formula is C9H9FIN. The minimum absolute atomic E-state index is 0.0972. The van der Waals surface area contributed by atoms with Crippen molar-refractivity contribution in [3.8, 4) is 0 Å². The molecule has 1 N–H and O–H groups in total. The Morgan fingerprint density at radius 3 is 2.67 bits per heavy atom. The summed E-state index contributed by atoms with van der Waals surface area (Å²) < 4.78 is 13.8. The van der Waals surface area contributed by atoms with E-state index in [9.17, 15) is 4.39 Å². The molecule has 0 spiro atoms. The van der Waals surface area contributed by atoms with Gasteiger partial charge in [-0.2, -0.15) is 0 Å². The number of hydrogen-bond donors (Lipinski definition) is 1. The van der Waals surface area contributed by atoms with E-state index in [1.807, 2.05) is 34.7 Å². The Morgan fingerprint density at radius 1 is 1.42 bits per heavy atom. The summed E-state index contributed by atoms with van der Waals surface area (Å²) in [5.41, 5.74) is 1.12. The van der Waals surface area contributed by atoms with Crippen molar-refractivity contribution in [1.29, 1.82) is 0 Å². The molecular weight excluding hydrogens is 268 g/mol. The molecule has 0 saturated carbocycles. The van der Waals surface area contributed by atoms with Crippen molar-refractivity contribution in [1.82, 2.24) is 5.32 Å². The van der Waals surface area contributed by atoms with Crippen molar-refractivity contribution < 1.29 is 4.39 Å². The van der Waals surface area contributed by atoms with Crippen molar-refractivity contribution in [3.05, 3.63) is 33.1 Å². The molecule has 0 aliphatic carbocycles. The third-order valence-electron chi connectivity index (χ3n) is 2.20. The third-order valence-corrected chi connectivity index (χ3v) is 3.07. The van der Waals surface area contributed by atoms with Crippen LogP contribution in [-0.2, 0) is 0 Å². The highest BCUT2D eigenvalue weighted by Gasteiger charge is 2.19. The Bertz CT molecular complexity index is 297. The maximum absolute atomic E-state index is 13.1. The number of halogens is 2. The van der Waals surface area contributed by atoms with Gasteiger partial charge in [-0.3, -0.25) is 0 Å². The Hall–Kier alpha value is -0.160. The summed E-state index contributed by atoms with van der Waals surface area (Å²) in [7, 11) is 0. The molecule has 1 nitrogen and oxygen atoms in total. The molecule has 1 heterocycles. The van der Waals surface area contributed by atoms with Gasteiger partial charge in [-0.1, -0.05) is 6.07 Å². The van der Waals surface area contributed by atoms with Crippen LogP contribution in [0.1, 0.15) is 11.5 Å². The molecule has 2 rings (SSSR count). The highest BCUT2D eigenvalue weighted by molar-refractivity contribution is 14.1. The second-order valence-corrected chi connectivity index (χ2v) is 4.19. The second-order valence-electron chi connectivity index (χ2n) is 3.03. The Morgan fingerprint density at radius 2 is 2.17 bits per heavy atom. The molecule has 0 atom stereocenters. The van der Waals surface area contributed by atoms with Crippen LogP contribution in [0, 0.1) is 9.39 Å². The maximum Gasteiger partial charge on any atom is 0.136 e. The summed E-state index contributed by atoms with van der Waals surface area (Å²) >= 11 is 2.00. The van der Waals surface area contributed by atoms with Gasteiger partial charge < -0.3 is 5.32 Å². The van der Waals surface area contributed by atoms with Gasteiger partial charge in [0.25, 0.3) is 0 Å². The lowest BCUT2D eigenvalue weighted by Crippen LogP contribution is -2.39. The monoisotopic (exact) mass is 277 g/mol. The molecule has 3 heteroatoms. The lowest BCUT2D eigenvalue weighted by atomic mass is 9.94. The molecule has 0 unspecified atom stereocenters. The van der Waals surface area contributed by atoms with Gasteiger partial charge >= 0.3 is 0 Å². The van der Waals surface area contributed by atoms with Crippen molar-refractivity contribution in [3.63, 3.8) is 0 Å². The molecule has 1 aromatic rings. The first-order valence-corrected chi connectivity index (χ1v) is 5.01. The average molecular weight is 277 g/mol. The normalized spacial score (nSPS) is 17.5. The van der Waals surface area contributed by atoms with Crippen molar-refractivity contribution >= 4 is 22.6 Å². The van der Waals surface area contributed by atoms with Crippen molar-refractivity contribution in [2.75, 3.05) is 13.1 Å². The largest absolute Gasteiger partial charge is 0.315 e. The molecule has 0 aromatic heterocycles. The summed E-state index contributed by atoms with van der Waals surface area (Å²) in [5, 5.41) is 3.17. The van der Waals surface area contributed by atoms with E-state index in [1.165, 1.54) is 0 Å². The molecule has 0 bridgehead atoms. The topological polar surface area (TPSA) is 12.0 Å². The SMILES string of the molecule is Fc1cc(C2CNC2)ccc1I. The van der Waals surface area contributed by atoms with Crippen LogP contribution in [0.5, 0.6) is 0 Å². The second kappa shape index (κ2) is 3.30. The minimum atomic E-state index is -0.0972. The molecule has 12 heavy (non-hydrogen) atoms. The van der Waals surface area contributed by atoms with Gasteiger partial charge in [0.05, 0.1) is 0 Å². The van der Waals surface area contributed by atoms with E-state index in [0.717, 1.165) is 18.7 Å². The summed E-state index contributed by atoms with van der Waals surface area (Å²) in [5.74, 6) is 0.427. The lowest BCUT2D eigenvalue weighted by molar-refractivity contribution is 0.446. The number of rotatable bonds is 1.